The Morgan fingerprint density at radius 3 is 2.81 bits per heavy atom. The van der Waals surface area contributed by atoms with Crippen molar-refractivity contribution in [2.45, 2.75) is 31.8 Å². The number of nitrogens with zero attached hydrogens (tertiary/aromatic N) is 1. The van der Waals surface area contributed by atoms with E-state index in [-0.39, 0.29) is 4.90 Å². The number of hydrogen-bond acceptors (Lipinski definition) is 5. The van der Waals surface area contributed by atoms with Gasteiger partial charge < -0.3 is 9.73 Å². The van der Waals surface area contributed by atoms with E-state index in [1.165, 1.54) is 4.31 Å². The Bertz CT molecular complexity index is 675. The number of sulfonamides is 1. The van der Waals surface area contributed by atoms with Gasteiger partial charge in [0.1, 0.15) is 16.4 Å². The van der Waals surface area contributed by atoms with Gasteiger partial charge in [-0.25, -0.2) is 8.42 Å². The molecule has 0 fully saturated rings. The second-order valence-corrected chi connectivity index (χ2v) is 7.60. The summed E-state index contributed by atoms with van der Waals surface area (Å²) in [4.78, 5) is 0.244. The van der Waals surface area contributed by atoms with Crippen LogP contribution in [0.25, 0.3) is 0 Å². The molecule has 7 heteroatoms. The molecule has 0 spiro atoms. The topological polar surface area (TPSA) is 62.6 Å². The first-order valence-corrected chi connectivity index (χ1v) is 9.11. The summed E-state index contributed by atoms with van der Waals surface area (Å²) in [6, 6.07) is 3.53. The van der Waals surface area contributed by atoms with E-state index >= 15 is 0 Å². The van der Waals surface area contributed by atoms with Gasteiger partial charge in [0.05, 0.1) is 6.54 Å². The van der Waals surface area contributed by atoms with Crippen molar-refractivity contribution in [1.82, 2.24) is 9.62 Å². The van der Waals surface area contributed by atoms with Crippen LogP contribution >= 0.6 is 11.3 Å². The maximum Gasteiger partial charge on any atom is 0.246 e. The van der Waals surface area contributed by atoms with Gasteiger partial charge in [-0.15, -0.1) is 0 Å². The molecule has 1 N–H and O–H groups in total. The molecule has 2 aromatic rings. The first-order chi connectivity index (χ1) is 9.95. The highest BCUT2D eigenvalue weighted by Gasteiger charge is 2.26. The quantitative estimate of drug-likeness (QED) is 0.848. The first kappa shape index (κ1) is 16.2. The van der Waals surface area contributed by atoms with Crippen LogP contribution in [0.1, 0.15) is 24.0 Å². The molecule has 0 amide bonds. The lowest BCUT2D eigenvalue weighted by molar-refractivity contribution is 0.450. The number of thiophene rings is 1. The highest BCUT2D eigenvalue weighted by molar-refractivity contribution is 7.89. The molecule has 0 aromatic carbocycles. The summed E-state index contributed by atoms with van der Waals surface area (Å²) in [6.07, 6.45) is 0. The molecular formula is C14H20N2O3S2. The zero-order valence-corrected chi connectivity index (χ0v) is 14.1. The van der Waals surface area contributed by atoms with Gasteiger partial charge >= 0.3 is 0 Å². The molecule has 0 unspecified atom stereocenters. The predicted molar refractivity (Wildman–Crippen MR) is 83.8 cm³/mol. The van der Waals surface area contributed by atoms with E-state index < -0.39 is 10.0 Å². The first-order valence-electron chi connectivity index (χ1n) is 6.72. The average molecular weight is 328 g/mol. The lowest BCUT2D eigenvalue weighted by atomic mass is 10.3. The Morgan fingerprint density at radius 1 is 1.43 bits per heavy atom. The molecule has 0 aliphatic heterocycles. The highest BCUT2D eigenvalue weighted by Crippen LogP contribution is 2.24. The largest absolute Gasteiger partial charge is 0.464 e. The van der Waals surface area contributed by atoms with Crippen molar-refractivity contribution >= 4 is 21.4 Å². The molecule has 0 atom stereocenters. The molecule has 116 valence electrons. The van der Waals surface area contributed by atoms with Crippen LogP contribution in [0.3, 0.4) is 0 Å². The predicted octanol–water partition coefficient (Wildman–Crippen LogP) is 2.58. The molecule has 0 radical (unpaired) electrons. The summed E-state index contributed by atoms with van der Waals surface area (Å²) in [7, 11) is -1.95. The Labute approximate surface area is 129 Å². The lowest BCUT2D eigenvalue weighted by Crippen LogP contribution is -2.26. The third kappa shape index (κ3) is 3.74. The molecular weight excluding hydrogens is 308 g/mol. The maximum atomic E-state index is 12.6. The van der Waals surface area contributed by atoms with E-state index in [9.17, 15) is 8.42 Å². The summed E-state index contributed by atoms with van der Waals surface area (Å²) in [6.45, 7) is 5.36. The van der Waals surface area contributed by atoms with E-state index in [1.54, 1.807) is 31.4 Å². The van der Waals surface area contributed by atoms with Gasteiger partial charge in [0.15, 0.2) is 0 Å². The molecule has 0 aliphatic rings. The monoisotopic (exact) mass is 328 g/mol. The Hall–Kier alpha value is -1.15. The molecule has 21 heavy (non-hydrogen) atoms. The second kappa shape index (κ2) is 6.74. The zero-order chi connectivity index (χ0) is 15.5. The number of nitrogens with one attached hydrogen (secondary N) is 1. The molecule has 2 aromatic heterocycles. The van der Waals surface area contributed by atoms with Gasteiger partial charge in [0, 0.05) is 19.7 Å². The Morgan fingerprint density at radius 2 is 2.19 bits per heavy atom. The Kier molecular flexibility index (Phi) is 5.21. The van der Waals surface area contributed by atoms with Crippen molar-refractivity contribution in [2.24, 2.45) is 0 Å². The van der Waals surface area contributed by atoms with E-state index in [1.807, 2.05) is 23.8 Å². The van der Waals surface area contributed by atoms with Gasteiger partial charge in [-0.1, -0.05) is 6.92 Å². The average Bonchev–Trinajstić information content (AvgIpc) is 3.06. The molecule has 0 saturated heterocycles. The zero-order valence-electron chi connectivity index (χ0n) is 12.4. The fourth-order valence-electron chi connectivity index (χ4n) is 2.01. The maximum absolute atomic E-state index is 12.6. The van der Waals surface area contributed by atoms with E-state index in [0.29, 0.717) is 24.6 Å². The van der Waals surface area contributed by atoms with Gasteiger partial charge in [-0.05, 0) is 35.9 Å². The third-order valence-electron chi connectivity index (χ3n) is 3.15. The van der Waals surface area contributed by atoms with Crippen LogP contribution in [0.2, 0.25) is 0 Å². The van der Waals surface area contributed by atoms with E-state index in [2.05, 4.69) is 5.32 Å². The smallest absolute Gasteiger partial charge is 0.246 e. The summed E-state index contributed by atoms with van der Waals surface area (Å²) < 4.78 is 32.1. The van der Waals surface area contributed by atoms with E-state index in [0.717, 1.165) is 12.1 Å². The SMILES string of the molecule is CCNCc1cc(S(=O)(=O)N(C)Cc2ccsc2)c(C)o1. The van der Waals surface area contributed by atoms with Gasteiger partial charge in [-0.3, -0.25) is 0 Å². The molecule has 5 nitrogen and oxygen atoms in total. The molecule has 0 bridgehead atoms. The van der Waals surface area contributed by atoms with Crippen molar-refractivity contribution in [3.8, 4) is 0 Å². The second-order valence-electron chi connectivity index (χ2n) is 4.81. The summed E-state index contributed by atoms with van der Waals surface area (Å²) >= 11 is 1.56. The van der Waals surface area contributed by atoms with Crippen LogP contribution in [-0.2, 0) is 23.1 Å². The van der Waals surface area contributed by atoms with Crippen LogP contribution in [0, 0.1) is 6.92 Å². The minimum Gasteiger partial charge on any atom is -0.464 e. The molecule has 0 aliphatic carbocycles. The van der Waals surface area contributed by atoms with Gasteiger partial charge in [-0.2, -0.15) is 15.6 Å². The molecule has 2 rings (SSSR count). The standard InChI is InChI=1S/C14H20N2O3S2/c1-4-15-8-13-7-14(11(2)19-13)21(17,18)16(3)9-12-5-6-20-10-12/h5-7,10,15H,4,8-9H2,1-3H3. The van der Waals surface area contributed by atoms with Crippen LogP contribution in [-0.4, -0.2) is 26.3 Å². The summed E-state index contributed by atoms with van der Waals surface area (Å²) in [5.74, 6) is 1.07. The van der Waals surface area contributed by atoms with Crippen LogP contribution < -0.4 is 5.32 Å². The van der Waals surface area contributed by atoms with Gasteiger partial charge in [0.25, 0.3) is 0 Å². The third-order valence-corrected chi connectivity index (χ3v) is 5.79. The van der Waals surface area contributed by atoms with Crippen LogP contribution in [0.4, 0.5) is 0 Å². The molecule has 2 heterocycles. The van der Waals surface area contributed by atoms with Crippen LogP contribution in [0.5, 0.6) is 0 Å². The normalized spacial score (nSPS) is 12.2. The van der Waals surface area contributed by atoms with Crippen molar-refractivity contribution in [3.05, 3.63) is 40.0 Å². The fraction of sp³-hybridized carbons (Fsp3) is 0.429. The van der Waals surface area contributed by atoms with Crippen molar-refractivity contribution in [1.29, 1.82) is 0 Å². The van der Waals surface area contributed by atoms with E-state index in [4.69, 9.17) is 4.42 Å². The summed E-state index contributed by atoms with van der Waals surface area (Å²) in [5, 5.41) is 7.01. The minimum atomic E-state index is -3.53. The van der Waals surface area contributed by atoms with Crippen molar-refractivity contribution in [2.75, 3.05) is 13.6 Å². The number of aryl methyl sites for hydroxylation is 1. The highest BCUT2D eigenvalue weighted by atomic mass is 32.2. The lowest BCUT2D eigenvalue weighted by Gasteiger charge is -2.15. The minimum absolute atomic E-state index is 0.244. The van der Waals surface area contributed by atoms with Crippen molar-refractivity contribution in [3.63, 3.8) is 0 Å². The fourth-order valence-corrected chi connectivity index (χ4v) is 4.01. The number of furan rings is 1. The van der Waals surface area contributed by atoms with Crippen molar-refractivity contribution < 1.29 is 12.8 Å². The summed E-state index contributed by atoms with van der Waals surface area (Å²) in [5.41, 5.74) is 0.986. The number of hydrogen-bond donors (Lipinski definition) is 1. The van der Waals surface area contributed by atoms with Crippen LogP contribution in [0.15, 0.2) is 32.2 Å². The number of rotatable bonds is 7. The molecule has 0 saturated carbocycles. The van der Waals surface area contributed by atoms with Gasteiger partial charge in [0.2, 0.25) is 10.0 Å². The Balaban J connectivity index is 2.20.